The summed E-state index contributed by atoms with van der Waals surface area (Å²) >= 11 is 0. The van der Waals surface area contributed by atoms with Crippen LogP contribution in [-0.4, -0.2) is 131 Å². The predicted octanol–water partition coefficient (Wildman–Crippen LogP) is 6.54. The standard InChI is InChI=1S/C28H40N4O2.C22H30N4O2/c1-20-11-14-30(15-12-20)28(34)21-9-10-25-23(17-21)24-18-31(22-7-5-4-6-8-22)16-13-26(24)32(25)19-27(33)29(2)3;1-15-7-10-25(11-8-15)22(28)16-4-5-19-17(12-16)18-13-23-9-6-20(18)26(19)14-21(27)24(2)3/h9-10,17,20,22H,4-8,11-16,18-19H2,1-3H3;4-5,12,15,23H,6-11,13-14H2,1-3H3. The number of nitrogens with one attached hydrogen (secondary N) is 1. The summed E-state index contributed by atoms with van der Waals surface area (Å²) in [4.78, 5) is 61.4. The van der Waals surface area contributed by atoms with E-state index < -0.39 is 0 Å². The Balaban J connectivity index is 0.000000174. The average Bonchev–Trinajstić information content (AvgIpc) is 3.77. The highest BCUT2D eigenvalue weighted by molar-refractivity contribution is 6.01. The second kappa shape index (κ2) is 19.0. The summed E-state index contributed by atoms with van der Waals surface area (Å²) in [5.41, 5.74) is 8.76. The fraction of sp³-hybridized carbons (Fsp3) is 0.600. The second-order valence-corrected chi connectivity index (χ2v) is 19.5. The number of carbonyl (C=O) groups is 4. The molecule has 2 aromatic heterocycles. The zero-order valence-electron chi connectivity index (χ0n) is 38.3. The lowest BCUT2D eigenvalue weighted by Gasteiger charge is -2.37. The summed E-state index contributed by atoms with van der Waals surface area (Å²) in [6.07, 6.45) is 12.8. The minimum absolute atomic E-state index is 0.0841. The second-order valence-electron chi connectivity index (χ2n) is 19.5. The van der Waals surface area contributed by atoms with E-state index >= 15 is 0 Å². The number of piperidine rings is 2. The molecule has 6 heterocycles. The maximum Gasteiger partial charge on any atom is 0.253 e. The van der Waals surface area contributed by atoms with Crippen molar-refractivity contribution >= 4 is 45.4 Å². The van der Waals surface area contributed by atoms with E-state index in [0.29, 0.717) is 31.0 Å². The maximum absolute atomic E-state index is 13.4. The van der Waals surface area contributed by atoms with E-state index in [0.717, 1.165) is 118 Å². The third-order valence-electron chi connectivity index (χ3n) is 14.7. The van der Waals surface area contributed by atoms with Gasteiger partial charge >= 0.3 is 0 Å². The maximum atomic E-state index is 13.4. The van der Waals surface area contributed by atoms with Crippen molar-refractivity contribution < 1.29 is 19.2 Å². The Labute approximate surface area is 368 Å². The smallest absolute Gasteiger partial charge is 0.253 e. The van der Waals surface area contributed by atoms with Crippen LogP contribution in [-0.2, 0) is 48.6 Å². The van der Waals surface area contributed by atoms with E-state index in [1.807, 2.05) is 48.2 Å². The van der Waals surface area contributed by atoms with Crippen LogP contribution in [0.5, 0.6) is 0 Å². The molecule has 0 atom stereocenters. The largest absolute Gasteiger partial charge is 0.347 e. The van der Waals surface area contributed by atoms with Crippen LogP contribution in [0, 0.1) is 11.8 Å². The summed E-state index contributed by atoms with van der Waals surface area (Å²) in [5.74, 6) is 1.88. The number of hydrogen-bond donors (Lipinski definition) is 1. The van der Waals surface area contributed by atoms with Crippen molar-refractivity contribution in [3.8, 4) is 0 Å². The van der Waals surface area contributed by atoms with Crippen molar-refractivity contribution in [1.29, 1.82) is 0 Å². The van der Waals surface area contributed by atoms with Gasteiger partial charge in [0.2, 0.25) is 11.8 Å². The first-order chi connectivity index (χ1) is 29.9. The van der Waals surface area contributed by atoms with Gasteiger partial charge in [-0.1, -0.05) is 33.1 Å². The number of likely N-dealkylation sites (N-methyl/N-ethyl adjacent to an activating group) is 2. The van der Waals surface area contributed by atoms with Crippen molar-refractivity contribution in [1.82, 2.24) is 39.0 Å². The first kappa shape index (κ1) is 43.9. The molecule has 0 unspecified atom stereocenters. The van der Waals surface area contributed by atoms with E-state index in [9.17, 15) is 19.2 Å². The number of rotatable bonds is 7. The van der Waals surface area contributed by atoms with Gasteiger partial charge < -0.3 is 34.1 Å². The molecule has 3 fully saturated rings. The number of carbonyl (C=O) groups excluding carboxylic acids is 4. The SMILES string of the molecule is CC1CCN(C(=O)c2ccc3c(c2)c2c(n3CC(=O)N(C)C)CCN(C3CCCCC3)C2)CC1.CC1CCN(C(=O)c2ccc3c(c2)c2c(n3CC(=O)N(C)C)CCNC2)CC1. The average molecular weight is 847 g/mol. The van der Waals surface area contributed by atoms with E-state index in [1.165, 1.54) is 60.0 Å². The van der Waals surface area contributed by atoms with Gasteiger partial charge in [0.25, 0.3) is 11.8 Å². The zero-order chi connectivity index (χ0) is 43.7. The molecule has 9 rings (SSSR count). The molecule has 334 valence electrons. The number of aromatic nitrogens is 2. The van der Waals surface area contributed by atoms with Crippen LogP contribution in [0.1, 0.15) is 115 Å². The summed E-state index contributed by atoms with van der Waals surface area (Å²) in [6.45, 7) is 12.3. The molecule has 62 heavy (non-hydrogen) atoms. The van der Waals surface area contributed by atoms with Crippen molar-refractivity contribution in [2.24, 2.45) is 11.8 Å². The highest BCUT2D eigenvalue weighted by atomic mass is 16.2. The predicted molar refractivity (Wildman–Crippen MR) is 246 cm³/mol. The molecule has 5 aliphatic rings. The Morgan fingerprint density at radius 1 is 0.613 bits per heavy atom. The van der Waals surface area contributed by atoms with Gasteiger partial charge in [-0.25, -0.2) is 0 Å². The van der Waals surface area contributed by atoms with Crippen molar-refractivity contribution in [3.63, 3.8) is 0 Å². The molecule has 2 saturated heterocycles. The van der Waals surface area contributed by atoms with Crippen molar-refractivity contribution in [3.05, 3.63) is 70.0 Å². The summed E-state index contributed by atoms with van der Waals surface area (Å²) in [6, 6.07) is 12.8. The van der Waals surface area contributed by atoms with Gasteiger partial charge in [0.1, 0.15) is 13.1 Å². The zero-order valence-corrected chi connectivity index (χ0v) is 38.3. The molecule has 4 aromatic rings. The monoisotopic (exact) mass is 847 g/mol. The molecule has 12 nitrogen and oxygen atoms in total. The van der Waals surface area contributed by atoms with Gasteiger partial charge in [-0.3, -0.25) is 24.1 Å². The molecule has 0 radical (unpaired) electrons. The van der Waals surface area contributed by atoms with Gasteiger partial charge in [-0.2, -0.15) is 0 Å². The van der Waals surface area contributed by atoms with E-state index in [-0.39, 0.29) is 23.6 Å². The normalized spacial score (nSPS) is 19.2. The van der Waals surface area contributed by atoms with Crippen molar-refractivity contribution in [2.45, 2.75) is 117 Å². The van der Waals surface area contributed by atoms with Crippen LogP contribution in [0.2, 0.25) is 0 Å². The third kappa shape index (κ3) is 9.18. The molecule has 2 aromatic carbocycles. The Hall–Kier alpha value is -4.68. The first-order valence-corrected chi connectivity index (χ1v) is 23.6. The lowest BCUT2D eigenvalue weighted by atomic mass is 9.92. The third-order valence-corrected chi connectivity index (χ3v) is 14.7. The van der Waals surface area contributed by atoms with Gasteiger partial charge in [-0.05, 0) is 97.9 Å². The fourth-order valence-corrected chi connectivity index (χ4v) is 10.6. The van der Waals surface area contributed by atoms with Crippen LogP contribution in [0.4, 0.5) is 0 Å². The number of fused-ring (bicyclic) bond motifs is 6. The number of benzene rings is 2. The molecular weight excluding hydrogens is 777 g/mol. The van der Waals surface area contributed by atoms with Gasteiger partial charge in [0.05, 0.1) is 0 Å². The van der Waals surface area contributed by atoms with E-state index in [1.54, 1.807) is 23.9 Å². The number of likely N-dealkylation sites (tertiary alicyclic amines) is 2. The van der Waals surface area contributed by atoms with Gasteiger partial charge in [0.15, 0.2) is 0 Å². The lowest BCUT2D eigenvalue weighted by Crippen LogP contribution is -2.40. The Morgan fingerprint density at radius 3 is 1.60 bits per heavy atom. The lowest BCUT2D eigenvalue weighted by molar-refractivity contribution is -0.130. The molecule has 0 bridgehead atoms. The van der Waals surface area contributed by atoms with Crippen molar-refractivity contribution in [2.75, 3.05) is 67.5 Å². The van der Waals surface area contributed by atoms with E-state index in [4.69, 9.17) is 0 Å². The van der Waals surface area contributed by atoms with Crippen LogP contribution in [0.25, 0.3) is 21.8 Å². The molecule has 1 aliphatic carbocycles. The van der Waals surface area contributed by atoms with Crippen LogP contribution >= 0.6 is 0 Å². The number of hydrogen-bond acceptors (Lipinski definition) is 6. The van der Waals surface area contributed by atoms with Crippen LogP contribution in [0.15, 0.2) is 36.4 Å². The van der Waals surface area contributed by atoms with Gasteiger partial charge in [0, 0.05) is 144 Å². The molecule has 0 spiro atoms. The van der Waals surface area contributed by atoms with Crippen LogP contribution < -0.4 is 5.32 Å². The number of nitrogens with zero attached hydrogens (tertiary/aromatic N) is 7. The van der Waals surface area contributed by atoms with Crippen LogP contribution in [0.3, 0.4) is 0 Å². The summed E-state index contributed by atoms with van der Waals surface area (Å²) in [7, 11) is 7.22. The fourth-order valence-electron chi connectivity index (χ4n) is 10.6. The topological polar surface area (TPSA) is 106 Å². The molecule has 1 saturated carbocycles. The summed E-state index contributed by atoms with van der Waals surface area (Å²) < 4.78 is 4.37. The quantitative estimate of drug-likeness (QED) is 0.227. The molecule has 4 aliphatic heterocycles. The number of amides is 4. The highest BCUT2D eigenvalue weighted by Gasteiger charge is 2.31. The highest BCUT2D eigenvalue weighted by Crippen LogP contribution is 2.36. The van der Waals surface area contributed by atoms with E-state index in [2.05, 4.69) is 45.3 Å². The molecule has 1 N–H and O–H groups in total. The Bertz CT molecular complexity index is 2280. The molecule has 12 heteroatoms. The van der Waals surface area contributed by atoms with Gasteiger partial charge in [-0.15, -0.1) is 0 Å². The molecular formula is C50H70N8O4. The minimum atomic E-state index is 0.0841. The minimum Gasteiger partial charge on any atom is -0.347 e. The first-order valence-electron chi connectivity index (χ1n) is 23.6. The Morgan fingerprint density at radius 2 is 1.10 bits per heavy atom. The molecule has 4 amide bonds. The summed E-state index contributed by atoms with van der Waals surface area (Å²) in [5, 5.41) is 5.70. The Kier molecular flexibility index (Phi) is 13.4.